The molecule has 5 nitrogen and oxygen atoms in total. The average Bonchev–Trinajstić information content (AvgIpc) is 3.22. The van der Waals surface area contributed by atoms with Crippen molar-refractivity contribution in [2.45, 2.75) is 0 Å². The number of hydrogen-bond acceptors (Lipinski definition) is 4. The third-order valence-electron chi connectivity index (χ3n) is 2.58. The molecule has 21 heavy (non-hydrogen) atoms. The molecule has 2 heterocycles. The van der Waals surface area contributed by atoms with Crippen molar-refractivity contribution in [3.05, 3.63) is 61.2 Å². The fraction of sp³-hybridized carbons (Fsp3) is 0.0769. The number of nitrogens with zero attached hydrogens (tertiary/aromatic N) is 3. The maximum atomic E-state index is 5.54. The summed E-state index contributed by atoms with van der Waals surface area (Å²) in [5.74, 6) is 0.813. The van der Waals surface area contributed by atoms with Gasteiger partial charge in [0.15, 0.2) is 0 Å². The third-order valence-corrected chi connectivity index (χ3v) is 6.72. The van der Waals surface area contributed by atoms with E-state index in [1.54, 1.807) is 30.2 Å². The number of methoxy groups -OCH3 is 1. The predicted octanol–water partition coefficient (Wildman–Crippen LogP) is 2.71. The molecule has 8 heteroatoms. The maximum absolute atomic E-state index is 5.54. The van der Waals surface area contributed by atoms with Gasteiger partial charge in [-0.1, -0.05) is 11.8 Å². The number of rotatable bonds is 3. The van der Waals surface area contributed by atoms with Crippen molar-refractivity contribution in [1.82, 2.24) is 19.7 Å². The Hall–Kier alpha value is -1.56. The van der Waals surface area contributed by atoms with Gasteiger partial charge in [0.05, 0.1) is 7.11 Å². The first-order chi connectivity index (χ1) is 10.1. The lowest BCUT2D eigenvalue weighted by molar-refractivity contribution is 0.415. The first kappa shape index (κ1) is 15.8. The van der Waals surface area contributed by atoms with Gasteiger partial charge in [-0.25, -0.2) is 4.45 Å². The molecule has 0 aliphatic carbocycles. The molecular weight excluding hydrogens is 323 g/mol. The highest BCUT2D eigenvalue weighted by Gasteiger charge is 2.16. The van der Waals surface area contributed by atoms with Crippen LogP contribution in [0.3, 0.4) is 0 Å². The minimum Gasteiger partial charge on any atom is -0.497 e. The van der Waals surface area contributed by atoms with E-state index < -0.39 is 5.39 Å². The zero-order chi connectivity index (χ0) is 15.1. The summed E-state index contributed by atoms with van der Waals surface area (Å²) in [6.07, 6.45) is 7.01. The Bertz CT molecular complexity index is 666. The number of aromatic amines is 1. The molecule has 0 aliphatic heterocycles. The lowest BCUT2D eigenvalue weighted by atomic mass is 10.3. The molecule has 0 bridgehead atoms. The van der Waals surface area contributed by atoms with Gasteiger partial charge in [0.2, 0.25) is 0 Å². The highest BCUT2D eigenvalue weighted by molar-refractivity contribution is 8.65. The van der Waals surface area contributed by atoms with E-state index in [2.05, 4.69) is 27.5 Å². The van der Waals surface area contributed by atoms with E-state index in [0.29, 0.717) is 0 Å². The van der Waals surface area contributed by atoms with Crippen LogP contribution in [0.5, 0.6) is 5.75 Å². The van der Waals surface area contributed by atoms with Gasteiger partial charge in [0.1, 0.15) is 11.1 Å². The zero-order valence-electron chi connectivity index (χ0n) is 11.3. The summed E-state index contributed by atoms with van der Waals surface area (Å²) in [7, 11) is 1.64. The van der Waals surface area contributed by atoms with Crippen molar-refractivity contribution in [3.8, 4) is 5.75 Å². The van der Waals surface area contributed by atoms with E-state index in [9.17, 15) is 0 Å². The van der Waals surface area contributed by atoms with Crippen LogP contribution in [-0.4, -0.2) is 26.9 Å². The molecule has 0 fully saturated rings. The molecular formula is C13H15N4OPS2. The van der Waals surface area contributed by atoms with E-state index in [1.807, 2.05) is 42.6 Å². The fourth-order valence-electron chi connectivity index (χ4n) is 1.53. The van der Waals surface area contributed by atoms with Crippen molar-refractivity contribution in [3.63, 3.8) is 0 Å². The lowest BCUT2D eigenvalue weighted by Gasteiger charge is -2.16. The Morgan fingerprint density at radius 1 is 1.24 bits per heavy atom. The summed E-state index contributed by atoms with van der Waals surface area (Å²) in [4.78, 5) is 0. The Morgan fingerprint density at radius 2 is 2.00 bits per heavy atom. The van der Waals surface area contributed by atoms with Crippen LogP contribution in [0, 0.1) is 0 Å². The largest absolute Gasteiger partial charge is 0.497 e. The monoisotopic (exact) mass is 338 g/mol. The van der Waals surface area contributed by atoms with Gasteiger partial charge >= 0.3 is 0 Å². The number of H-pyrrole nitrogens is 1. The van der Waals surface area contributed by atoms with Crippen LogP contribution in [0.15, 0.2) is 61.2 Å². The van der Waals surface area contributed by atoms with Crippen LogP contribution >= 0.6 is 17.6 Å². The first-order valence-corrected chi connectivity index (χ1v) is 9.97. The molecule has 0 saturated heterocycles. The Labute approximate surface area is 133 Å². The van der Waals surface area contributed by atoms with Gasteiger partial charge < -0.3 is 4.74 Å². The zero-order valence-corrected chi connectivity index (χ0v) is 13.9. The molecule has 1 aromatic carbocycles. The minimum absolute atomic E-state index is 0.813. The minimum atomic E-state index is -2.10. The molecule has 0 amide bonds. The van der Waals surface area contributed by atoms with Gasteiger partial charge in [0, 0.05) is 30.1 Å². The quantitative estimate of drug-likeness (QED) is 0.569. The molecule has 3 rings (SSSR count). The van der Waals surface area contributed by atoms with Crippen LogP contribution in [-0.2, 0) is 11.8 Å². The molecule has 1 atom stereocenters. The summed E-state index contributed by atoms with van der Waals surface area (Å²) >= 11 is 10.1. The second-order valence-corrected chi connectivity index (χ2v) is 10.1. The molecule has 0 saturated carbocycles. The highest BCUT2D eigenvalue weighted by atomic mass is 32.9. The highest BCUT2D eigenvalue weighted by Crippen LogP contribution is 2.50. The summed E-state index contributed by atoms with van der Waals surface area (Å²) in [6, 6.07) is 11.3. The summed E-state index contributed by atoms with van der Waals surface area (Å²) in [6.45, 7) is 0. The van der Waals surface area contributed by atoms with Crippen LogP contribution in [0.4, 0.5) is 0 Å². The third kappa shape index (κ3) is 4.20. The Morgan fingerprint density at radius 3 is 2.43 bits per heavy atom. The van der Waals surface area contributed by atoms with Crippen LogP contribution in [0.2, 0.25) is 0 Å². The van der Waals surface area contributed by atoms with Crippen LogP contribution < -0.4 is 10.0 Å². The molecule has 1 unspecified atom stereocenters. The molecule has 0 radical (unpaired) electrons. The Balaban J connectivity index is 0.000000272. The number of thiol groups is 1. The van der Waals surface area contributed by atoms with E-state index in [1.165, 1.54) is 0 Å². The van der Waals surface area contributed by atoms with E-state index in [0.717, 1.165) is 11.1 Å². The lowest BCUT2D eigenvalue weighted by Crippen LogP contribution is -2.07. The molecule has 2 aromatic heterocycles. The average molecular weight is 338 g/mol. The number of aromatic nitrogens is 4. The van der Waals surface area contributed by atoms with E-state index in [-0.39, 0.29) is 0 Å². The smallest absolute Gasteiger partial charge is 0.135 e. The Kier molecular flexibility index (Phi) is 5.61. The van der Waals surface area contributed by atoms with E-state index in [4.69, 9.17) is 16.5 Å². The van der Waals surface area contributed by atoms with Crippen molar-refractivity contribution >= 4 is 34.8 Å². The van der Waals surface area contributed by atoms with E-state index >= 15 is 0 Å². The van der Waals surface area contributed by atoms with Crippen molar-refractivity contribution in [2.24, 2.45) is 0 Å². The summed E-state index contributed by atoms with van der Waals surface area (Å²) < 4.78 is 6.85. The van der Waals surface area contributed by atoms with Gasteiger partial charge in [-0.2, -0.15) is 10.2 Å². The molecule has 1 N–H and O–H groups in total. The van der Waals surface area contributed by atoms with Gasteiger partial charge in [-0.3, -0.25) is 5.10 Å². The van der Waals surface area contributed by atoms with Crippen molar-refractivity contribution < 1.29 is 4.74 Å². The number of ether oxygens (including phenoxy) is 1. The summed E-state index contributed by atoms with van der Waals surface area (Å²) in [5.41, 5.74) is 0. The second-order valence-electron chi connectivity index (χ2n) is 3.93. The van der Waals surface area contributed by atoms with Crippen molar-refractivity contribution in [1.29, 1.82) is 0 Å². The topological polar surface area (TPSA) is 55.7 Å². The summed E-state index contributed by atoms with van der Waals surface area (Å²) in [5, 5.41) is 9.26. The van der Waals surface area contributed by atoms with Crippen molar-refractivity contribution in [2.75, 3.05) is 7.11 Å². The maximum Gasteiger partial charge on any atom is 0.135 e. The van der Waals surface area contributed by atoms with Crippen LogP contribution in [0.1, 0.15) is 0 Å². The van der Waals surface area contributed by atoms with Gasteiger partial charge in [0.25, 0.3) is 0 Å². The molecule has 0 aliphatic rings. The first-order valence-electron chi connectivity index (χ1n) is 6.06. The molecule has 0 spiro atoms. The fourth-order valence-corrected chi connectivity index (χ4v) is 4.13. The number of benzene rings is 1. The number of nitrogens with one attached hydrogen (secondary N) is 1. The number of hydrogen-bond donors (Lipinski definition) is 2. The standard InChI is InChI=1S/C10H11N2OPS2.C3H4N2/c1-13-9-3-5-10(6-4-9)14(15,16)12-8-2-7-11-12;1-2-4-5-3-1/h2-8H,1H3,(H,15,16);1-3H,(H,4,5). The van der Waals surface area contributed by atoms with Crippen LogP contribution in [0.25, 0.3) is 0 Å². The molecule has 3 aromatic rings. The normalized spacial score (nSPS) is 12.9. The second kappa shape index (κ2) is 7.45. The van der Waals surface area contributed by atoms with Gasteiger partial charge in [-0.15, -0.1) is 12.2 Å². The molecule has 110 valence electrons. The SMILES string of the molecule is COc1ccc(P(=S)(S)n2cccn2)cc1.c1cn[nH]c1. The van der Waals surface area contributed by atoms with Gasteiger partial charge in [-0.05, 0) is 36.4 Å². The predicted molar refractivity (Wildman–Crippen MR) is 92.1 cm³/mol.